The lowest BCUT2D eigenvalue weighted by Gasteiger charge is -2.29. The number of nitrogens with one attached hydrogen (secondary N) is 1. The molecule has 0 bridgehead atoms. The average Bonchev–Trinajstić information content (AvgIpc) is 2.68. The van der Waals surface area contributed by atoms with Gasteiger partial charge in [-0.1, -0.05) is 42.0 Å². The smallest absolute Gasteiger partial charge is 0.321 e. The second kappa shape index (κ2) is 8.77. The van der Waals surface area contributed by atoms with Gasteiger partial charge in [0.1, 0.15) is 0 Å². The molecule has 0 spiro atoms. The molecule has 1 aliphatic heterocycles. The van der Waals surface area contributed by atoms with Crippen LogP contribution in [0.3, 0.4) is 0 Å². The first-order chi connectivity index (χ1) is 12.7. The molecule has 134 valence electrons. The third kappa shape index (κ3) is 4.80. The molecule has 26 heavy (non-hydrogen) atoms. The van der Waals surface area contributed by atoms with E-state index in [-0.39, 0.29) is 11.9 Å². The predicted octanol–water partition coefficient (Wildman–Crippen LogP) is 5.05. The van der Waals surface area contributed by atoms with Crippen molar-refractivity contribution in [2.24, 2.45) is 5.92 Å². The minimum absolute atomic E-state index is 0.0549. The Morgan fingerprint density at radius 3 is 2.81 bits per heavy atom. The van der Waals surface area contributed by atoms with Gasteiger partial charge in [-0.3, -0.25) is 0 Å². The molecule has 1 atom stereocenters. The van der Waals surface area contributed by atoms with Crippen LogP contribution < -0.4 is 5.32 Å². The lowest BCUT2D eigenvalue weighted by Crippen LogP contribution is -2.42. The summed E-state index contributed by atoms with van der Waals surface area (Å²) in [5.41, 5.74) is 3.34. The Labute approximate surface area is 159 Å². The summed E-state index contributed by atoms with van der Waals surface area (Å²) in [5, 5.41) is 12.1. The summed E-state index contributed by atoms with van der Waals surface area (Å²) in [5.74, 6) is 0.800. The van der Waals surface area contributed by atoms with Crippen molar-refractivity contribution < 1.29 is 4.79 Å². The maximum absolute atomic E-state index is 12.6. The van der Waals surface area contributed by atoms with Crippen LogP contribution in [-0.4, -0.2) is 24.0 Å². The molecule has 0 saturated carbocycles. The predicted molar refractivity (Wildman–Crippen MR) is 106 cm³/mol. The zero-order valence-electron chi connectivity index (χ0n) is 14.9. The summed E-state index contributed by atoms with van der Waals surface area (Å²) < 4.78 is 0. The van der Waals surface area contributed by atoms with Crippen LogP contribution in [0, 0.1) is 24.2 Å². The highest BCUT2D eigenvalue weighted by Gasteiger charge is 2.23. The molecule has 1 fully saturated rings. The molecule has 3 rings (SSSR count). The maximum Gasteiger partial charge on any atom is 0.321 e. The number of carbonyl (C=O) groups excluding carboxylic acids is 1. The number of aryl methyl sites for hydroxylation is 1. The molecule has 0 aromatic heterocycles. The van der Waals surface area contributed by atoms with E-state index in [1.54, 1.807) is 16.7 Å². The minimum atomic E-state index is -0.117. The molecule has 5 heteroatoms. The number of likely N-dealkylation sites (tertiary alicyclic amines) is 1. The van der Waals surface area contributed by atoms with Crippen molar-refractivity contribution in [1.82, 2.24) is 4.90 Å². The van der Waals surface area contributed by atoms with Gasteiger partial charge in [0.15, 0.2) is 0 Å². The number of nitriles is 1. The van der Waals surface area contributed by atoms with Crippen molar-refractivity contribution in [3.63, 3.8) is 0 Å². The van der Waals surface area contributed by atoms with Crippen molar-refractivity contribution in [2.75, 3.05) is 18.4 Å². The molecule has 1 unspecified atom stereocenters. The second-order valence-electron chi connectivity index (χ2n) is 6.61. The van der Waals surface area contributed by atoms with Crippen molar-refractivity contribution in [3.05, 3.63) is 59.7 Å². The Morgan fingerprint density at radius 2 is 2.04 bits per heavy atom. The monoisotopic (exact) mass is 365 g/mol. The topological polar surface area (TPSA) is 56.1 Å². The molecule has 2 aromatic carbocycles. The molecular weight excluding hydrogens is 342 g/mol. The molecule has 2 aromatic rings. The zero-order valence-corrected chi connectivity index (χ0v) is 15.8. The van der Waals surface area contributed by atoms with E-state index >= 15 is 0 Å². The molecule has 0 aliphatic carbocycles. The van der Waals surface area contributed by atoms with Crippen molar-refractivity contribution in [1.29, 1.82) is 5.26 Å². The number of carbonyl (C=O) groups is 1. The zero-order chi connectivity index (χ0) is 18.4. The lowest BCUT2D eigenvalue weighted by atomic mass is 10.0. The van der Waals surface area contributed by atoms with Gasteiger partial charge in [0, 0.05) is 23.7 Å². The van der Waals surface area contributed by atoms with Gasteiger partial charge in [-0.05, 0) is 37.5 Å². The van der Waals surface area contributed by atoms with Gasteiger partial charge >= 0.3 is 6.03 Å². The van der Waals surface area contributed by atoms with Crippen LogP contribution >= 0.6 is 11.8 Å². The summed E-state index contributed by atoms with van der Waals surface area (Å²) in [6, 6.07) is 18.6. The number of amides is 2. The number of rotatable bonds is 4. The van der Waals surface area contributed by atoms with Crippen molar-refractivity contribution >= 4 is 23.5 Å². The van der Waals surface area contributed by atoms with Gasteiger partial charge in [0.05, 0.1) is 17.7 Å². The molecule has 1 saturated heterocycles. The van der Waals surface area contributed by atoms with Gasteiger partial charge in [-0.25, -0.2) is 4.79 Å². The Hall–Kier alpha value is -2.45. The van der Waals surface area contributed by atoms with E-state index < -0.39 is 0 Å². The van der Waals surface area contributed by atoms with Crippen LogP contribution in [-0.2, 0) is 5.75 Å². The molecular formula is C21H23N3OS. The fraction of sp³-hybridized carbons (Fsp3) is 0.333. The lowest BCUT2D eigenvalue weighted by molar-refractivity contribution is 0.189. The van der Waals surface area contributed by atoms with E-state index in [0.717, 1.165) is 29.2 Å². The largest absolute Gasteiger partial charge is 0.323 e. The minimum Gasteiger partial charge on any atom is -0.323 e. The average molecular weight is 366 g/mol. The quantitative estimate of drug-likeness (QED) is 0.771. The first-order valence-corrected chi connectivity index (χ1v) is 9.87. The number of nitrogens with zero attached hydrogens (tertiary/aromatic N) is 2. The molecule has 0 radical (unpaired) electrons. The van der Waals surface area contributed by atoms with E-state index in [0.29, 0.717) is 13.1 Å². The van der Waals surface area contributed by atoms with E-state index in [1.807, 2.05) is 24.3 Å². The van der Waals surface area contributed by atoms with E-state index in [2.05, 4.69) is 42.6 Å². The number of hydrogen-bond acceptors (Lipinski definition) is 3. The summed E-state index contributed by atoms with van der Waals surface area (Å²) in [6.07, 6.45) is 1.76. The SMILES string of the molecule is Cc1ccc(CSc2ccccc2NC(=O)N2CCCC(C#N)C2)cc1. The number of hydrogen-bond donors (Lipinski definition) is 1. The van der Waals surface area contributed by atoms with Gasteiger partial charge < -0.3 is 10.2 Å². The number of urea groups is 1. The summed E-state index contributed by atoms with van der Waals surface area (Å²) in [4.78, 5) is 15.4. The summed E-state index contributed by atoms with van der Waals surface area (Å²) in [7, 11) is 0. The number of thioether (sulfide) groups is 1. The molecule has 1 aliphatic rings. The standard InChI is InChI=1S/C21H23N3OS/c1-16-8-10-17(11-9-16)15-26-20-7-3-2-6-19(20)23-21(25)24-12-4-5-18(13-22)14-24/h2-3,6-11,18H,4-5,12,14-15H2,1H3,(H,23,25). The number of para-hydroxylation sites is 1. The van der Waals surface area contributed by atoms with Crippen LogP contribution in [0.1, 0.15) is 24.0 Å². The van der Waals surface area contributed by atoms with Crippen molar-refractivity contribution in [2.45, 2.75) is 30.4 Å². The van der Waals surface area contributed by atoms with Gasteiger partial charge in [0.25, 0.3) is 0 Å². The van der Waals surface area contributed by atoms with E-state index in [1.165, 1.54) is 11.1 Å². The Kier molecular flexibility index (Phi) is 6.19. The van der Waals surface area contributed by atoms with Gasteiger partial charge in [0.2, 0.25) is 0 Å². The van der Waals surface area contributed by atoms with Crippen LogP contribution in [0.4, 0.5) is 10.5 Å². The third-order valence-electron chi connectivity index (χ3n) is 4.53. The van der Waals surface area contributed by atoms with Crippen LogP contribution in [0.2, 0.25) is 0 Å². The highest BCUT2D eigenvalue weighted by molar-refractivity contribution is 7.98. The van der Waals surface area contributed by atoms with Gasteiger partial charge in [-0.15, -0.1) is 11.8 Å². The maximum atomic E-state index is 12.6. The normalized spacial score (nSPS) is 16.8. The number of benzene rings is 2. The molecule has 1 heterocycles. The van der Waals surface area contributed by atoms with E-state index in [4.69, 9.17) is 5.26 Å². The second-order valence-corrected chi connectivity index (χ2v) is 7.63. The first-order valence-electron chi connectivity index (χ1n) is 8.88. The fourth-order valence-corrected chi connectivity index (χ4v) is 3.97. The molecule has 1 N–H and O–H groups in total. The van der Waals surface area contributed by atoms with Gasteiger partial charge in [-0.2, -0.15) is 5.26 Å². The highest BCUT2D eigenvalue weighted by Crippen LogP contribution is 2.30. The Morgan fingerprint density at radius 1 is 1.27 bits per heavy atom. The first kappa shape index (κ1) is 18.3. The van der Waals surface area contributed by atoms with E-state index in [9.17, 15) is 4.79 Å². The molecule has 4 nitrogen and oxygen atoms in total. The summed E-state index contributed by atoms with van der Waals surface area (Å²) in [6.45, 7) is 3.31. The molecule has 2 amide bonds. The van der Waals surface area contributed by atoms with Crippen LogP contribution in [0.25, 0.3) is 0 Å². The summed E-state index contributed by atoms with van der Waals surface area (Å²) >= 11 is 1.71. The fourth-order valence-electron chi connectivity index (χ4n) is 3.00. The Bertz CT molecular complexity index is 798. The Balaban J connectivity index is 1.64. The highest BCUT2D eigenvalue weighted by atomic mass is 32.2. The van der Waals surface area contributed by atoms with Crippen LogP contribution in [0.15, 0.2) is 53.4 Å². The van der Waals surface area contributed by atoms with Crippen molar-refractivity contribution in [3.8, 4) is 6.07 Å². The number of anilines is 1. The van der Waals surface area contributed by atoms with Crippen LogP contribution in [0.5, 0.6) is 0 Å². The number of piperidine rings is 1. The third-order valence-corrected chi connectivity index (χ3v) is 5.68.